The maximum Gasteiger partial charge on any atom is 0.255 e. The van der Waals surface area contributed by atoms with E-state index in [0.29, 0.717) is 11.2 Å². The first-order valence-electron chi connectivity index (χ1n) is 6.09. The highest BCUT2D eigenvalue weighted by Crippen LogP contribution is 2.28. The predicted octanol–water partition coefficient (Wildman–Crippen LogP) is 1.59. The zero-order valence-corrected chi connectivity index (χ0v) is 10.5. The summed E-state index contributed by atoms with van der Waals surface area (Å²) in [5.74, 6) is 0.182. The van der Waals surface area contributed by atoms with Crippen molar-refractivity contribution in [2.45, 2.75) is 6.54 Å². The average molecular weight is 268 g/mol. The van der Waals surface area contributed by atoms with Crippen molar-refractivity contribution in [2.24, 2.45) is 0 Å². The van der Waals surface area contributed by atoms with Crippen molar-refractivity contribution in [2.75, 3.05) is 0 Å². The van der Waals surface area contributed by atoms with E-state index in [4.69, 9.17) is 0 Å². The van der Waals surface area contributed by atoms with Gasteiger partial charge < -0.3 is 10.4 Å². The number of hydrogen-bond acceptors (Lipinski definition) is 4. The van der Waals surface area contributed by atoms with Crippen LogP contribution in [0.5, 0.6) is 5.75 Å². The molecule has 0 atom stereocenters. The molecular formula is C14H12N4O2. The van der Waals surface area contributed by atoms with Crippen molar-refractivity contribution in [3.05, 3.63) is 54.1 Å². The molecule has 6 nitrogen and oxygen atoms in total. The number of H-pyrrole nitrogens is 1. The van der Waals surface area contributed by atoms with Crippen LogP contribution in [0.15, 0.2) is 42.7 Å². The van der Waals surface area contributed by atoms with Gasteiger partial charge in [-0.25, -0.2) is 4.98 Å². The lowest BCUT2D eigenvalue weighted by molar-refractivity contribution is 0.0947. The summed E-state index contributed by atoms with van der Waals surface area (Å²) in [6, 6.07) is 10.8. The standard InChI is InChI=1S/C14H12N4O2/c19-13-10-4-2-1-3-9(10)5-6-11(13)14(20)15-7-12-16-8-17-18-12/h1-6,8,19H,7H2,(H,15,20)(H,16,17,18). The Morgan fingerprint density at radius 1 is 1.25 bits per heavy atom. The molecule has 1 heterocycles. The number of amides is 1. The molecular weight excluding hydrogens is 256 g/mol. The second-order valence-electron chi connectivity index (χ2n) is 4.30. The van der Waals surface area contributed by atoms with Gasteiger partial charge in [-0.2, -0.15) is 5.10 Å². The van der Waals surface area contributed by atoms with Crippen molar-refractivity contribution < 1.29 is 9.90 Å². The summed E-state index contributed by atoms with van der Waals surface area (Å²) in [6.45, 7) is 0.227. The van der Waals surface area contributed by atoms with Gasteiger partial charge in [0.25, 0.3) is 5.91 Å². The molecule has 0 fully saturated rings. The van der Waals surface area contributed by atoms with Crippen LogP contribution in [0, 0.1) is 0 Å². The van der Waals surface area contributed by atoms with Crippen LogP contribution in [0.2, 0.25) is 0 Å². The van der Waals surface area contributed by atoms with Gasteiger partial charge >= 0.3 is 0 Å². The number of phenolic OH excluding ortho intramolecular Hbond substituents is 1. The number of fused-ring (bicyclic) bond motifs is 1. The van der Waals surface area contributed by atoms with Crippen molar-refractivity contribution in [1.29, 1.82) is 0 Å². The van der Waals surface area contributed by atoms with Crippen molar-refractivity contribution >= 4 is 16.7 Å². The van der Waals surface area contributed by atoms with Crippen LogP contribution < -0.4 is 5.32 Å². The summed E-state index contributed by atoms with van der Waals surface area (Å²) in [7, 11) is 0. The molecule has 0 aliphatic heterocycles. The molecule has 3 N–H and O–H groups in total. The SMILES string of the molecule is O=C(NCc1ncn[nH]1)c1ccc2ccccc2c1O. The Bertz CT molecular complexity index is 753. The quantitative estimate of drug-likeness (QED) is 0.672. The number of rotatable bonds is 3. The molecule has 0 aliphatic rings. The lowest BCUT2D eigenvalue weighted by Gasteiger charge is -2.08. The smallest absolute Gasteiger partial charge is 0.255 e. The topological polar surface area (TPSA) is 90.9 Å². The molecule has 0 unspecified atom stereocenters. The van der Waals surface area contributed by atoms with Gasteiger partial charge in [0.15, 0.2) is 0 Å². The average Bonchev–Trinajstić information content (AvgIpc) is 2.99. The Balaban J connectivity index is 1.86. The lowest BCUT2D eigenvalue weighted by atomic mass is 10.0. The molecule has 0 radical (unpaired) electrons. The summed E-state index contributed by atoms with van der Waals surface area (Å²) in [6.07, 6.45) is 1.37. The molecule has 0 saturated carbocycles. The monoisotopic (exact) mass is 268 g/mol. The number of aromatic hydroxyl groups is 1. The van der Waals surface area contributed by atoms with Gasteiger partial charge in [-0.05, 0) is 11.5 Å². The Morgan fingerprint density at radius 3 is 2.90 bits per heavy atom. The Hall–Kier alpha value is -2.89. The van der Waals surface area contributed by atoms with Gasteiger partial charge in [0, 0.05) is 5.39 Å². The molecule has 1 aromatic heterocycles. The first-order chi connectivity index (χ1) is 9.75. The van der Waals surface area contributed by atoms with Gasteiger partial charge in [0.2, 0.25) is 0 Å². The fourth-order valence-corrected chi connectivity index (χ4v) is 2.01. The number of nitrogens with one attached hydrogen (secondary N) is 2. The van der Waals surface area contributed by atoms with Crippen molar-refractivity contribution in [3.8, 4) is 5.75 Å². The number of benzene rings is 2. The number of aromatic amines is 1. The Labute approximate surface area is 114 Å². The Morgan fingerprint density at radius 2 is 2.10 bits per heavy atom. The number of phenols is 1. The summed E-state index contributed by atoms with van der Waals surface area (Å²) >= 11 is 0. The van der Waals surface area contributed by atoms with Gasteiger partial charge in [0.1, 0.15) is 17.9 Å². The summed E-state index contributed by atoms with van der Waals surface area (Å²) in [4.78, 5) is 16.0. The third-order valence-corrected chi connectivity index (χ3v) is 3.03. The summed E-state index contributed by atoms with van der Waals surface area (Å²) in [5.41, 5.74) is 0.239. The van der Waals surface area contributed by atoms with Crippen LogP contribution in [0.1, 0.15) is 16.2 Å². The third kappa shape index (κ3) is 2.18. The molecule has 0 spiro atoms. The first kappa shape index (κ1) is 12.2. The van der Waals surface area contributed by atoms with E-state index in [9.17, 15) is 9.90 Å². The molecule has 3 aromatic rings. The number of carbonyl (C=O) groups is 1. The number of nitrogens with zero attached hydrogens (tertiary/aromatic N) is 2. The van der Waals surface area contributed by atoms with Gasteiger partial charge in [0.05, 0.1) is 12.1 Å². The minimum Gasteiger partial charge on any atom is -0.506 e. The second-order valence-corrected chi connectivity index (χ2v) is 4.30. The van der Waals surface area contributed by atoms with Gasteiger partial charge in [-0.3, -0.25) is 9.89 Å². The minimum absolute atomic E-state index is 0.0156. The molecule has 20 heavy (non-hydrogen) atoms. The van der Waals surface area contributed by atoms with Crippen LogP contribution in [-0.4, -0.2) is 26.2 Å². The van der Waals surface area contributed by atoms with E-state index in [1.54, 1.807) is 18.2 Å². The fraction of sp³-hybridized carbons (Fsp3) is 0.0714. The molecule has 2 aromatic carbocycles. The summed E-state index contributed by atoms with van der Waals surface area (Å²) in [5, 5.41) is 20.7. The molecule has 3 rings (SSSR count). The molecule has 0 aliphatic carbocycles. The third-order valence-electron chi connectivity index (χ3n) is 3.03. The second kappa shape index (κ2) is 5.00. The van der Waals surface area contributed by atoms with Crippen molar-refractivity contribution in [3.63, 3.8) is 0 Å². The normalized spacial score (nSPS) is 10.6. The van der Waals surface area contributed by atoms with E-state index in [0.717, 1.165) is 5.39 Å². The van der Waals surface area contributed by atoms with E-state index in [-0.39, 0.29) is 23.8 Å². The highest BCUT2D eigenvalue weighted by molar-refractivity contribution is 6.03. The lowest BCUT2D eigenvalue weighted by Crippen LogP contribution is -2.23. The fourth-order valence-electron chi connectivity index (χ4n) is 2.01. The number of carbonyl (C=O) groups excluding carboxylic acids is 1. The molecule has 6 heteroatoms. The molecule has 100 valence electrons. The minimum atomic E-state index is -0.357. The molecule has 1 amide bonds. The van der Waals surface area contributed by atoms with Gasteiger partial charge in [-0.1, -0.05) is 30.3 Å². The predicted molar refractivity (Wildman–Crippen MR) is 73.2 cm³/mol. The maximum absolute atomic E-state index is 12.1. The zero-order valence-electron chi connectivity index (χ0n) is 10.5. The highest BCUT2D eigenvalue weighted by Gasteiger charge is 2.13. The maximum atomic E-state index is 12.1. The number of aromatic nitrogens is 3. The highest BCUT2D eigenvalue weighted by atomic mass is 16.3. The number of hydrogen-bond donors (Lipinski definition) is 3. The van der Waals surface area contributed by atoms with E-state index < -0.39 is 0 Å². The van der Waals surface area contributed by atoms with Crippen LogP contribution in [-0.2, 0) is 6.54 Å². The van der Waals surface area contributed by atoms with Gasteiger partial charge in [-0.15, -0.1) is 0 Å². The van der Waals surface area contributed by atoms with Crippen LogP contribution in [0.3, 0.4) is 0 Å². The van der Waals surface area contributed by atoms with Crippen LogP contribution in [0.25, 0.3) is 10.8 Å². The molecule has 0 bridgehead atoms. The first-order valence-corrected chi connectivity index (χ1v) is 6.09. The zero-order chi connectivity index (χ0) is 13.9. The van der Waals surface area contributed by atoms with Crippen molar-refractivity contribution in [1.82, 2.24) is 20.5 Å². The Kier molecular flexibility index (Phi) is 3.04. The molecule has 0 saturated heterocycles. The van der Waals surface area contributed by atoms with E-state index in [1.165, 1.54) is 6.33 Å². The van der Waals surface area contributed by atoms with Crippen LogP contribution in [0.4, 0.5) is 0 Å². The van der Waals surface area contributed by atoms with E-state index >= 15 is 0 Å². The van der Waals surface area contributed by atoms with Crippen LogP contribution >= 0.6 is 0 Å². The largest absolute Gasteiger partial charge is 0.506 e. The van der Waals surface area contributed by atoms with E-state index in [2.05, 4.69) is 20.5 Å². The van der Waals surface area contributed by atoms with E-state index in [1.807, 2.05) is 18.2 Å². The summed E-state index contributed by atoms with van der Waals surface area (Å²) < 4.78 is 0.